The summed E-state index contributed by atoms with van der Waals surface area (Å²) < 4.78 is 0. The largest absolute Gasteiger partial charge is 0.0654 e. The lowest BCUT2D eigenvalue weighted by atomic mass is 9.53. The normalized spacial score (nSPS) is 38.6. The van der Waals surface area contributed by atoms with Crippen molar-refractivity contribution >= 4 is 0 Å². The van der Waals surface area contributed by atoms with E-state index in [9.17, 15) is 0 Å². The van der Waals surface area contributed by atoms with E-state index in [0.29, 0.717) is 10.8 Å². The molecule has 16 heavy (non-hydrogen) atoms. The van der Waals surface area contributed by atoms with Crippen molar-refractivity contribution in [2.24, 2.45) is 22.7 Å². The summed E-state index contributed by atoms with van der Waals surface area (Å²) in [6.45, 7) is 14.7. The van der Waals surface area contributed by atoms with E-state index in [0.717, 1.165) is 11.8 Å². The standard InChI is InChI=1S/C16H32/c1-7-9-10-16(6)12-15(4,5)13(3)11-14(16)8-2/h13-14H,7-12H2,1-6H3. The molecule has 3 atom stereocenters. The van der Waals surface area contributed by atoms with E-state index in [4.69, 9.17) is 0 Å². The molecule has 0 heteroatoms. The van der Waals surface area contributed by atoms with Gasteiger partial charge in [0.25, 0.3) is 0 Å². The molecule has 0 nitrogen and oxygen atoms in total. The highest BCUT2D eigenvalue weighted by atomic mass is 14.5. The monoisotopic (exact) mass is 224 g/mol. The van der Waals surface area contributed by atoms with Crippen molar-refractivity contribution in [2.75, 3.05) is 0 Å². The van der Waals surface area contributed by atoms with Crippen molar-refractivity contribution in [3.63, 3.8) is 0 Å². The van der Waals surface area contributed by atoms with Gasteiger partial charge in [0.05, 0.1) is 0 Å². The molecule has 0 spiro atoms. The molecular weight excluding hydrogens is 192 g/mol. The van der Waals surface area contributed by atoms with Gasteiger partial charge in [-0.25, -0.2) is 0 Å². The molecule has 1 rings (SSSR count). The van der Waals surface area contributed by atoms with Crippen LogP contribution in [0.5, 0.6) is 0 Å². The van der Waals surface area contributed by atoms with E-state index in [1.54, 1.807) is 0 Å². The van der Waals surface area contributed by atoms with Gasteiger partial charge in [0.15, 0.2) is 0 Å². The van der Waals surface area contributed by atoms with Gasteiger partial charge in [-0.1, -0.05) is 60.8 Å². The number of hydrogen-bond donors (Lipinski definition) is 0. The van der Waals surface area contributed by atoms with E-state index < -0.39 is 0 Å². The first-order chi connectivity index (χ1) is 7.35. The lowest BCUT2D eigenvalue weighted by Crippen LogP contribution is -2.42. The van der Waals surface area contributed by atoms with Crippen LogP contribution in [0.25, 0.3) is 0 Å². The smallest absolute Gasteiger partial charge is 0.0292 e. The second kappa shape index (κ2) is 5.10. The molecule has 0 radical (unpaired) electrons. The third kappa shape index (κ3) is 2.81. The van der Waals surface area contributed by atoms with Crippen LogP contribution < -0.4 is 0 Å². The molecule has 0 N–H and O–H groups in total. The Morgan fingerprint density at radius 2 is 1.75 bits per heavy atom. The predicted octanol–water partition coefficient (Wildman–Crippen LogP) is 5.67. The zero-order valence-electron chi connectivity index (χ0n) is 12.4. The quantitative estimate of drug-likeness (QED) is 0.577. The third-order valence-electron chi connectivity index (χ3n) is 5.41. The van der Waals surface area contributed by atoms with E-state index in [1.165, 1.54) is 38.5 Å². The Balaban J connectivity index is 2.79. The number of unbranched alkanes of at least 4 members (excludes halogenated alkanes) is 1. The SMILES string of the molecule is CCCCC1(C)CC(C)(C)C(C)CC1CC. The van der Waals surface area contributed by atoms with E-state index in [2.05, 4.69) is 41.5 Å². The molecule has 1 saturated carbocycles. The maximum atomic E-state index is 2.56. The lowest BCUT2D eigenvalue weighted by molar-refractivity contribution is -0.0180. The summed E-state index contributed by atoms with van der Waals surface area (Å²) in [5.74, 6) is 1.86. The molecule has 96 valence electrons. The fraction of sp³-hybridized carbons (Fsp3) is 1.00. The summed E-state index contributed by atoms with van der Waals surface area (Å²) in [4.78, 5) is 0. The molecule has 0 aliphatic heterocycles. The van der Waals surface area contributed by atoms with Crippen LogP contribution in [0.2, 0.25) is 0 Å². The predicted molar refractivity (Wildman–Crippen MR) is 73.6 cm³/mol. The Labute approximate surface area is 103 Å². The second-order valence-corrected chi connectivity index (χ2v) is 7.16. The van der Waals surface area contributed by atoms with Gasteiger partial charge in [0, 0.05) is 0 Å². The molecule has 0 heterocycles. The first-order valence-electron chi connectivity index (χ1n) is 7.35. The van der Waals surface area contributed by atoms with Gasteiger partial charge in [-0.15, -0.1) is 0 Å². The third-order valence-corrected chi connectivity index (χ3v) is 5.41. The molecule has 0 saturated heterocycles. The van der Waals surface area contributed by atoms with Gasteiger partial charge in [0.2, 0.25) is 0 Å². The number of rotatable bonds is 4. The highest BCUT2D eigenvalue weighted by Crippen LogP contribution is 2.55. The Kier molecular flexibility index (Phi) is 4.49. The molecule has 0 bridgehead atoms. The summed E-state index contributed by atoms with van der Waals surface area (Å²) in [6, 6.07) is 0. The van der Waals surface area contributed by atoms with Crippen molar-refractivity contribution in [3.8, 4) is 0 Å². The van der Waals surface area contributed by atoms with Crippen LogP contribution in [0.15, 0.2) is 0 Å². The van der Waals surface area contributed by atoms with Crippen molar-refractivity contribution in [2.45, 2.75) is 80.1 Å². The molecule has 1 aliphatic carbocycles. The van der Waals surface area contributed by atoms with Crippen LogP contribution in [-0.2, 0) is 0 Å². The second-order valence-electron chi connectivity index (χ2n) is 7.16. The van der Waals surface area contributed by atoms with E-state index in [-0.39, 0.29) is 0 Å². The van der Waals surface area contributed by atoms with Gasteiger partial charge in [-0.05, 0) is 41.9 Å². The molecule has 3 unspecified atom stereocenters. The molecule has 1 fully saturated rings. The first kappa shape index (κ1) is 14.1. The minimum absolute atomic E-state index is 0.550. The van der Waals surface area contributed by atoms with Crippen LogP contribution in [-0.4, -0.2) is 0 Å². The minimum Gasteiger partial charge on any atom is -0.0654 e. The molecule has 0 aromatic heterocycles. The van der Waals surface area contributed by atoms with Crippen molar-refractivity contribution in [3.05, 3.63) is 0 Å². The van der Waals surface area contributed by atoms with Crippen LogP contribution in [0.4, 0.5) is 0 Å². The van der Waals surface area contributed by atoms with Crippen LogP contribution in [0, 0.1) is 22.7 Å². The minimum atomic E-state index is 0.550. The van der Waals surface area contributed by atoms with E-state index >= 15 is 0 Å². The van der Waals surface area contributed by atoms with Crippen LogP contribution in [0.3, 0.4) is 0 Å². The Morgan fingerprint density at radius 3 is 2.25 bits per heavy atom. The maximum Gasteiger partial charge on any atom is -0.0292 e. The lowest BCUT2D eigenvalue weighted by Gasteiger charge is -2.52. The summed E-state index contributed by atoms with van der Waals surface area (Å²) in [5.41, 5.74) is 1.16. The zero-order chi connectivity index (χ0) is 12.4. The molecule has 0 aromatic carbocycles. The summed E-state index contributed by atoms with van der Waals surface area (Å²) in [5, 5.41) is 0. The van der Waals surface area contributed by atoms with Gasteiger partial charge in [0.1, 0.15) is 0 Å². The van der Waals surface area contributed by atoms with Gasteiger partial charge in [-0.3, -0.25) is 0 Å². The van der Waals surface area contributed by atoms with Crippen LogP contribution in [0.1, 0.15) is 80.1 Å². The molecular formula is C16H32. The average molecular weight is 224 g/mol. The van der Waals surface area contributed by atoms with Gasteiger partial charge < -0.3 is 0 Å². The van der Waals surface area contributed by atoms with Gasteiger partial charge >= 0.3 is 0 Å². The Hall–Kier alpha value is 0. The topological polar surface area (TPSA) is 0 Å². The highest BCUT2D eigenvalue weighted by Gasteiger charge is 2.45. The maximum absolute atomic E-state index is 2.56. The summed E-state index contributed by atoms with van der Waals surface area (Å²) in [6.07, 6.45) is 8.46. The first-order valence-corrected chi connectivity index (χ1v) is 7.35. The summed E-state index contributed by atoms with van der Waals surface area (Å²) in [7, 11) is 0. The summed E-state index contributed by atoms with van der Waals surface area (Å²) >= 11 is 0. The molecule has 0 amide bonds. The number of hydrogen-bond acceptors (Lipinski definition) is 0. The van der Waals surface area contributed by atoms with Gasteiger partial charge in [-0.2, -0.15) is 0 Å². The Bertz CT molecular complexity index is 216. The van der Waals surface area contributed by atoms with Crippen LogP contribution >= 0.6 is 0 Å². The van der Waals surface area contributed by atoms with Crippen molar-refractivity contribution in [1.29, 1.82) is 0 Å². The van der Waals surface area contributed by atoms with E-state index in [1.807, 2.05) is 0 Å². The highest BCUT2D eigenvalue weighted by molar-refractivity contribution is 4.95. The Morgan fingerprint density at radius 1 is 1.12 bits per heavy atom. The van der Waals surface area contributed by atoms with Crippen molar-refractivity contribution in [1.82, 2.24) is 0 Å². The van der Waals surface area contributed by atoms with Crippen molar-refractivity contribution < 1.29 is 0 Å². The average Bonchev–Trinajstić information content (AvgIpc) is 2.20. The molecule has 1 aliphatic rings. The molecule has 0 aromatic rings. The fourth-order valence-corrected chi connectivity index (χ4v) is 3.92. The zero-order valence-corrected chi connectivity index (χ0v) is 12.4. The fourth-order valence-electron chi connectivity index (χ4n) is 3.92.